The first kappa shape index (κ1) is 15.4. The number of rotatable bonds is 5. The van der Waals surface area contributed by atoms with Crippen molar-refractivity contribution in [3.63, 3.8) is 0 Å². The minimum atomic E-state index is -0.151. The number of carbonyl (C=O) groups is 2. The topological polar surface area (TPSA) is 61.4 Å². The van der Waals surface area contributed by atoms with Crippen LogP contribution in [0, 0.1) is 13.8 Å². The van der Waals surface area contributed by atoms with E-state index < -0.39 is 0 Å². The van der Waals surface area contributed by atoms with E-state index in [1.807, 2.05) is 32.0 Å². The van der Waals surface area contributed by atoms with Gasteiger partial charge in [-0.05, 0) is 43.9 Å². The molecule has 1 saturated carbocycles. The molecule has 0 bridgehead atoms. The first-order chi connectivity index (χ1) is 9.99. The summed E-state index contributed by atoms with van der Waals surface area (Å²) in [5.41, 5.74) is 3.15. The second kappa shape index (κ2) is 6.61. The predicted molar refractivity (Wildman–Crippen MR) is 83.5 cm³/mol. The van der Waals surface area contributed by atoms with E-state index in [0.29, 0.717) is 19.1 Å². The van der Waals surface area contributed by atoms with Crippen LogP contribution in [0.4, 0.5) is 10.5 Å². The number of aryl methyl sites for hydroxylation is 1. The van der Waals surface area contributed by atoms with Crippen molar-refractivity contribution >= 4 is 17.6 Å². The Morgan fingerprint density at radius 2 is 2.00 bits per heavy atom. The molecule has 0 heterocycles. The Morgan fingerprint density at radius 1 is 1.29 bits per heavy atom. The SMILES string of the molecule is CC(=O)N(CCNC(=O)NC1CC1)c1cccc(C)c1C. The number of hydrogen-bond donors (Lipinski definition) is 2. The summed E-state index contributed by atoms with van der Waals surface area (Å²) in [7, 11) is 0. The average molecular weight is 289 g/mol. The normalized spacial score (nSPS) is 13.7. The van der Waals surface area contributed by atoms with Gasteiger partial charge in [0.1, 0.15) is 0 Å². The van der Waals surface area contributed by atoms with Gasteiger partial charge in [0.05, 0.1) is 0 Å². The third kappa shape index (κ3) is 4.21. The van der Waals surface area contributed by atoms with E-state index in [1.54, 1.807) is 11.8 Å². The molecule has 2 rings (SSSR count). The molecule has 1 fully saturated rings. The van der Waals surface area contributed by atoms with E-state index in [4.69, 9.17) is 0 Å². The average Bonchev–Trinajstić information content (AvgIpc) is 3.22. The molecule has 21 heavy (non-hydrogen) atoms. The highest BCUT2D eigenvalue weighted by Gasteiger charge is 2.23. The van der Waals surface area contributed by atoms with Crippen LogP contribution in [0.1, 0.15) is 30.9 Å². The number of nitrogens with zero attached hydrogens (tertiary/aromatic N) is 1. The summed E-state index contributed by atoms with van der Waals surface area (Å²) in [6, 6.07) is 6.10. The van der Waals surface area contributed by atoms with Crippen LogP contribution in [0.25, 0.3) is 0 Å². The van der Waals surface area contributed by atoms with Crippen LogP contribution in [0.2, 0.25) is 0 Å². The lowest BCUT2D eigenvalue weighted by Gasteiger charge is -2.24. The van der Waals surface area contributed by atoms with Crippen molar-refractivity contribution in [3.05, 3.63) is 29.3 Å². The molecule has 1 aliphatic rings. The maximum absolute atomic E-state index is 11.9. The summed E-state index contributed by atoms with van der Waals surface area (Å²) in [4.78, 5) is 25.2. The number of carbonyl (C=O) groups excluding carboxylic acids is 2. The molecule has 1 aliphatic carbocycles. The van der Waals surface area contributed by atoms with E-state index >= 15 is 0 Å². The Hall–Kier alpha value is -2.04. The first-order valence-corrected chi connectivity index (χ1v) is 7.37. The number of nitrogens with one attached hydrogen (secondary N) is 2. The summed E-state index contributed by atoms with van der Waals surface area (Å²) in [5.74, 6) is -0.0203. The molecule has 0 aliphatic heterocycles. The van der Waals surface area contributed by atoms with Crippen molar-refractivity contribution < 1.29 is 9.59 Å². The predicted octanol–water partition coefficient (Wildman–Crippen LogP) is 2.12. The van der Waals surface area contributed by atoms with Crippen LogP contribution >= 0.6 is 0 Å². The van der Waals surface area contributed by atoms with Gasteiger partial charge in [0.2, 0.25) is 5.91 Å². The largest absolute Gasteiger partial charge is 0.336 e. The van der Waals surface area contributed by atoms with Crippen LogP contribution in [0.5, 0.6) is 0 Å². The molecule has 1 aromatic rings. The molecule has 5 heteroatoms. The second-order valence-electron chi connectivity index (χ2n) is 5.56. The molecule has 3 amide bonds. The number of benzene rings is 1. The van der Waals surface area contributed by atoms with Crippen LogP contribution < -0.4 is 15.5 Å². The standard InChI is InChI=1S/C16H23N3O2/c1-11-5-4-6-15(12(11)2)19(13(3)20)10-9-17-16(21)18-14-7-8-14/h4-6,14H,7-10H2,1-3H3,(H2,17,18,21). The van der Waals surface area contributed by atoms with Gasteiger partial charge in [0.15, 0.2) is 0 Å². The van der Waals surface area contributed by atoms with Crippen molar-refractivity contribution in [2.75, 3.05) is 18.0 Å². The molecule has 0 unspecified atom stereocenters. The molecule has 2 N–H and O–H groups in total. The van der Waals surface area contributed by atoms with E-state index in [-0.39, 0.29) is 11.9 Å². The Balaban J connectivity index is 1.94. The number of urea groups is 1. The lowest BCUT2D eigenvalue weighted by Crippen LogP contribution is -2.42. The molecular formula is C16H23N3O2. The van der Waals surface area contributed by atoms with Gasteiger partial charge in [0.25, 0.3) is 0 Å². The van der Waals surface area contributed by atoms with E-state index in [1.165, 1.54) is 0 Å². The van der Waals surface area contributed by atoms with Gasteiger partial charge in [-0.1, -0.05) is 12.1 Å². The van der Waals surface area contributed by atoms with Crippen LogP contribution in [0.15, 0.2) is 18.2 Å². The summed E-state index contributed by atoms with van der Waals surface area (Å²) in [6.07, 6.45) is 2.13. The Labute approximate surface area is 125 Å². The van der Waals surface area contributed by atoms with Gasteiger partial charge in [-0.25, -0.2) is 4.79 Å². The van der Waals surface area contributed by atoms with Gasteiger partial charge in [-0.2, -0.15) is 0 Å². The summed E-state index contributed by atoms with van der Waals surface area (Å²) in [6.45, 7) is 6.49. The lowest BCUT2D eigenvalue weighted by molar-refractivity contribution is -0.116. The molecule has 0 atom stereocenters. The van der Waals surface area contributed by atoms with Gasteiger partial charge < -0.3 is 15.5 Å². The third-order valence-corrected chi connectivity index (χ3v) is 3.78. The quantitative estimate of drug-likeness (QED) is 0.872. The zero-order valence-corrected chi connectivity index (χ0v) is 12.9. The van der Waals surface area contributed by atoms with E-state index in [9.17, 15) is 9.59 Å². The summed E-state index contributed by atoms with van der Waals surface area (Å²) in [5, 5.41) is 5.66. The van der Waals surface area contributed by atoms with Crippen LogP contribution in [0.3, 0.4) is 0 Å². The number of hydrogen-bond acceptors (Lipinski definition) is 2. The van der Waals surface area contributed by atoms with E-state index in [0.717, 1.165) is 29.7 Å². The van der Waals surface area contributed by atoms with E-state index in [2.05, 4.69) is 10.6 Å². The van der Waals surface area contributed by atoms with Crippen molar-refractivity contribution in [2.45, 2.75) is 39.7 Å². The van der Waals surface area contributed by atoms with Crippen molar-refractivity contribution in [1.82, 2.24) is 10.6 Å². The maximum atomic E-state index is 11.9. The molecule has 0 spiro atoms. The minimum Gasteiger partial charge on any atom is -0.336 e. The fourth-order valence-corrected chi connectivity index (χ4v) is 2.22. The molecule has 0 radical (unpaired) electrons. The van der Waals surface area contributed by atoms with Crippen molar-refractivity contribution in [2.24, 2.45) is 0 Å². The maximum Gasteiger partial charge on any atom is 0.315 e. The molecule has 0 aromatic heterocycles. The number of anilines is 1. The molecule has 5 nitrogen and oxygen atoms in total. The van der Waals surface area contributed by atoms with Crippen LogP contribution in [-0.2, 0) is 4.79 Å². The summed E-state index contributed by atoms with van der Waals surface area (Å²) < 4.78 is 0. The lowest BCUT2D eigenvalue weighted by atomic mass is 10.1. The monoisotopic (exact) mass is 289 g/mol. The molecule has 0 saturated heterocycles. The van der Waals surface area contributed by atoms with Gasteiger partial charge in [-0.3, -0.25) is 4.79 Å². The summed E-state index contributed by atoms with van der Waals surface area (Å²) >= 11 is 0. The Kier molecular flexibility index (Phi) is 4.83. The minimum absolute atomic E-state index is 0.0203. The second-order valence-corrected chi connectivity index (χ2v) is 5.56. The molecular weight excluding hydrogens is 266 g/mol. The van der Waals surface area contributed by atoms with Crippen LogP contribution in [-0.4, -0.2) is 31.1 Å². The fourth-order valence-electron chi connectivity index (χ4n) is 2.22. The highest BCUT2D eigenvalue weighted by atomic mass is 16.2. The Morgan fingerprint density at radius 3 is 2.62 bits per heavy atom. The zero-order chi connectivity index (χ0) is 15.4. The van der Waals surface area contributed by atoms with Gasteiger partial charge >= 0.3 is 6.03 Å². The molecule has 114 valence electrons. The van der Waals surface area contributed by atoms with Gasteiger partial charge in [-0.15, -0.1) is 0 Å². The highest BCUT2D eigenvalue weighted by Crippen LogP contribution is 2.22. The first-order valence-electron chi connectivity index (χ1n) is 7.37. The Bertz CT molecular complexity index is 538. The molecule has 1 aromatic carbocycles. The fraction of sp³-hybridized carbons (Fsp3) is 0.500. The highest BCUT2D eigenvalue weighted by molar-refractivity contribution is 5.92. The van der Waals surface area contributed by atoms with Crippen molar-refractivity contribution in [1.29, 1.82) is 0 Å². The van der Waals surface area contributed by atoms with Gasteiger partial charge in [0, 0.05) is 31.7 Å². The smallest absolute Gasteiger partial charge is 0.315 e. The third-order valence-electron chi connectivity index (χ3n) is 3.78. The van der Waals surface area contributed by atoms with Crippen molar-refractivity contribution in [3.8, 4) is 0 Å². The number of amides is 3. The zero-order valence-electron chi connectivity index (χ0n) is 12.9.